The molecule has 2 rings (SSSR count). The van der Waals surface area contributed by atoms with Crippen LogP contribution in [-0.4, -0.2) is 15.2 Å². The number of nitrogens with one attached hydrogen (secondary N) is 1. The summed E-state index contributed by atoms with van der Waals surface area (Å²) in [6, 6.07) is 2.13. The van der Waals surface area contributed by atoms with E-state index in [1.807, 2.05) is 6.07 Å². The molecule has 2 atom stereocenters. The zero-order chi connectivity index (χ0) is 14.9. The predicted molar refractivity (Wildman–Crippen MR) is 76.7 cm³/mol. The summed E-state index contributed by atoms with van der Waals surface area (Å²) >= 11 is 0. The van der Waals surface area contributed by atoms with Crippen molar-refractivity contribution in [1.82, 2.24) is 9.13 Å². The van der Waals surface area contributed by atoms with Crippen molar-refractivity contribution in [3.63, 3.8) is 0 Å². The molecule has 0 aliphatic heterocycles. The Kier molecular flexibility index (Phi) is 3.98. The van der Waals surface area contributed by atoms with Gasteiger partial charge in [-0.05, 0) is 18.8 Å². The second kappa shape index (κ2) is 5.53. The Labute approximate surface area is 117 Å². The molecule has 6 heteroatoms. The highest BCUT2D eigenvalue weighted by atomic mass is 16.2. The summed E-state index contributed by atoms with van der Waals surface area (Å²) in [6.07, 6.45) is 4.32. The summed E-state index contributed by atoms with van der Waals surface area (Å²) in [6.45, 7) is 2.20. The number of nitriles is 1. The Morgan fingerprint density at radius 1 is 1.25 bits per heavy atom. The maximum Gasteiger partial charge on any atom is 0.332 e. The van der Waals surface area contributed by atoms with E-state index in [9.17, 15) is 14.9 Å². The summed E-state index contributed by atoms with van der Waals surface area (Å²) in [5.74, 6) is 0.968. The molecule has 0 radical (unpaired) electrons. The van der Waals surface area contributed by atoms with E-state index in [1.165, 1.54) is 18.0 Å². The van der Waals surface area contributed by atoms with Crippen molar-refractivity contribution < 1.29 is 0 Å². The van der Waals surface area contributed by atoms with Gasteiger partial charge in [0.1, 0.15) is 11.9 Å². The van der Waals surface area contributed by atoms with Gasteiger partial charge in [0.25, 0.3) is 5.56 Å². The monoisotopic (exact) mass is 276 g/mol. The number of rotatable bonds is 2. The molecule has 1 heterocycles. The molecular formula is C14H20N4O2. The van der Waals surface area contributed by atoms with Crippen LogP contribution in [0.4, 0.5) is 5.82 Å². The van der Waals surface area contributed by atoms with E-state index < -0.39 is 11.2 Å². The van der Waals surface area contributed by atoms with Crippen LogP contribution in [-0.2, 0) is 14.1 Å². The molecule has 1 saturated carbocycles. The average molecular weight is 276 g/mol. The lowest BCUT2D eigenvalue weighted by atomic mass is 9.87. The summed E-state index contributed by atoms with van der Waals surface area (Å²) < 4.78 is 2.31. The highest BCUT2D eigenvalue weighted by molar-refractivity contribution is 5.51. The molecule has 108 valence electrons. The third-order valence-electron chi connectivity index (χ3n) is 4.05. The highest BCUT2D eigenvalue weighted by Crippen LogP contribution is 2.26. The maximum absolute atomic E-state index is 12.0. The van der Waals surface area contributed by atoms with Crippen LogP contribution in [0, 0.1) is 17.2 Å². The molecule has 0 spiro atoms. The molecule has 0 bridgehead atoms. The van der Waals surface area contributed by atoms with E-state index in [0.717, 1.165) is 23.8 Å². The van der Waals surface area contributed by atoms with E-state index in [0.29, 0.717) is 11.7 Å². The van der Waals surface area contributed by atoms with Crippen molar-refractivity contribution >= 4 is 5.82 Å². The third kappa shape index (κ3) is 2.48. The van der Waals surface area contributed by atoms with Crippen molar-refractivity contribution in [1.29, 1.82) is 5.26 Å². The van der Waals surface area contributed by atoms with Gasteiger partial charge in [-0.3, -0.25) is 13.9 Å². The van der Waals surface area contributed by atoms with Gasteiger partial charge >= 0.3 is 5.69 Å². The summed E-state index contributed by atoms with van der Waals surface area (Å²) in [5.41, 5.74) is -0.949. The number of nitrogens with zero attached hydrogens (tertiary/aromatic N) is 3. The minimum absolute atomic E-state index is 0.00725. The number of hydrogen-bond acceptors (Lipinski definition) is 4. The molecule has 0 unspecified atom stereocenters. The molecule has 0 amide bonds. The summed E-state index contributed by atoms with van der Waals surface area (Å²) in [7, 11) is 2.97. The van der Waals surface area contributed by atoms with Gasteiger partial charge in [0, 0.05) is 20.1 Å². The normalized spacial score (nSPS) is 22.3. The number of aromatic nitrogens is 2. The summed E-state index contributed by atoms with van der Waals surface area (Å²) in [5, 5.41) is 12.4. The minimum atomic E-state index is -0.540. The van der Waals surface area contributed by atoms with Crippen molar-refractivity contribution in [3.8, 4) is 6.07 Å². The first-order valence-electron chi connectivity index (χ1n) is 6.92. The van der Waals surface area contributed by atoms with Crippen LogP contribution < -0.4 is 16.6 Å². The SMILES string of the molecule is C[C@H]1CCC[C@@H](Nc2c(C#N)c(=O)n(C)c(=O)n2C)C1. The van der Waals surface area contributed by atoms with Crippen LogP contribution in [0.5, 0.6) is 0 Å². The Hall–Kier alpha value is -2.03. The first kappa shape index (κ1) is 14.4. The van der Waals surface area contributed by atoms with Crippen LogP contribution in [0.3, 0.4) is 0 Å². The van der Waals surface area contributed by atoms with Crippen molar-refractivity contribution in [2.24, 2.45) is 20.0 Å². The topological polar surface area (TPSA) is 79.8 Å². The molecular weight excluding hydrogens is 256 g/mol. The van der Waals surface area contributed by atoms with Gasteiger partial charge in [0.05, 0.1) is 0 Å². The second-order valence-electron chi connectivity index (χ2n) is 5.65. The van der Waals surface area contributed by atoms with Crippen molar-refractivity contribution in [3.05, 3.63) is 26.4 Å². The highest BCUT2D eigenvalue weighted by Gasteiger charge is 2.22. The minimum Gasteiger partial charge on any atom is -0.367 e. The molecule has 1 fully saturated rings. The van der Waals surface area contributed by atoms with E-state index in [1.54, 1.807) is 7.05 Å². The molecule has 1 N–H and O–H groups in total. The Morgan fingerprint density at radius 2 is 1.95 bits per heavy atom. The number of anilines is 1. The molecule has 0 aromatic carbocycles. The van der Waals surface area contributed by atoms with E-state index in [-0.39, 0.29) is 11.6 Å². The Balaban J connectivity index is 2.44. The van der Waals surface area contributed by atoms with Gasteiger partial charge in [0.2, 0.25) is 0 Å². The van der Waals surface area contributed by atoms with Crippen LogP contribution in [0.15, 0.2) is 9.59 Å². The fourth-order valence-corrected chi connectivity index (χ4v) is 2.87. The fraction of sp³-hybridized carbons (Fsp3) is 0.643. The molecule has 6 nitrogen and oxygen atoms in total. The van der Waals surface area contributed by atoms with Gasteiger partial charge in [-0.1, -0.05) is 19.8 Å². The Bertz CT molecular complexity index is 665. The van der Waals surface area contributed by atoms with Crippen molar-refractivity contribution in [2.45, 2.75) is 38.6 Å². The quantitative estimate of drug-likeness (QED) is 0.872. The van der Waals surface area contributed by atoms with Crippen LogP contribution in [0.25, 0.3) is 0 Å². The van der Waals surface area contributed by atoms with Crippen molar-refractivity contribution in [2.75, 3.05) is 5.32 Å². The maximum atomic E-state index is 12.0. The first-order valence-corrected chi connectivity index (χ1v) is 6.92. The molecule has 1 aromatic rings. The molecule has 0 saturated heterocycles. The molecule has 1 aromatic heterocycles. The van der Waals surface area contributed by atoms with E-state index in [4.69, 9.17) is 0 Å². The van der Waals surface area contributed by atoms with Crippen LogP contribution in [0.1, 0.15) is 38.2 Å². The van der Waals surface area contributed by atoms with E-state index >= 15 is 0 Å². The van der Waals surface area contributed by atoms with Gasteiger partial charge in [0.15, 0.2) is 5.56 Å². The second-order valence-corrected chi connectivity index (χ2v) is 5.65. The summed E-state index contributed by atoms with van der Waals surface area (Å²) in [4.78, 5) is 23.9. The average Bonchev–Trinajstić information content (AvgIpc) is 2.43. The molecule has 1 aliphatic rings. The fourth-order valence-electron chi connectivity index (χ4n) is 2.87. The lowest BCUT2D eigenvalue weighted by Crippen LogP contribution is -2.41. The largest absolute Gasteiger partial charge is 0.367 e. The molecule has 1 aliphatic carbocycles. The zero-order valence-electron chi connectivity index (χ0n) is 12.1. The standard InChI is InChI=1S/C14H20N4O2/c1-9-5-4-6-10(7-9)16-12-11(8-15)13(19)18(3)14(20)17(12)2/h9-10,16H,4-7H2,1-3H3/t9-,10+/m0/s1. The van der Waals surface area contributed by atoms with Gasteiger partial charge in [-0.25, -0.2) is 4.79 Å². The van der Waals surface area contributed by atoms with Gasteiger partial charge in [-0.15, -0.1) is 0 Å². The Morgan fingerprint density at radius 3 is 2.55 bits per heavy atom. The third-order valence-corrected chi connectivity index (χ3v) is 4.05. The number of hydrogen-bond donors (Lipinski definition) is 1. The van der Waals surface area contributed by atoms with Crippen LogP contribution in [0.2, 0.25) is 0 Å². The zero-order valence-corrected chi connectivity index (χ0v) is 12.1. The smallest absolute Gasteiger partial charge is 0.332 e. The lowest BCUT2D eigenvalue weighted by Gasteiger charge is -2.29. The van der Waals surface area contributed by atoms with Crippen LogP contribution >= 0.6 is 0 Å². The lowest BCUT2D eigenvalue weighted by molar-refractivity contribution is 0.357. The van der Waals surface area contributed by atoms with Gasteiger partial charge < -0.3 is 5.32 Å². The molecule has 20 heavy (non-hydrogen) atoms. The first-order chi connectivity index (χ1) is 9.45. The van der Waals surface area contributed by atoms with Gasteiger partial charge in [-0.2, -0.15) is 5.26 Å². The van der Waals surface area contributed by atoms with E-state index in [2.05, 4.69) is 12.2 Å². The predicted octanol–water partition coefficient (Wildman–Crippen LogP) is 0.946.